The Kier molecular flexibility index (Phi) is 9.29. The average Bonchev–Trinajstić information content (AvgIpc) is 2.48. The predicted octanol–water partition coefficient (Wildman–Crippen LogP) is 4.80. The fourth-order valence-corrected chi connectivity index (χ4v) is 2.04. The zero-order chi connectivity index (χ0) is 15.3. The van der Waals surface area contributed by atoms with E-state index in [1.165, 1.54) is 32.1 Å². The van der Waals surface area contributed by atoms with E-state index in [4.69, 9.17) is 4.84 Å². The second kappa shape index (κ2) is 11.1. The number of unbranched alkanes of at least 4 members (excludes halogenated alkanes) is 6. The van der Waals surface area contributed by atoms with Crippen LogP contribution in [0.15, 0.2) is 24.3 Å². The molecule has 0 aliphatic carbocycles. The molecule has 118 valence electrons. The molecule has 0 aliphatic heterocycles. The third-order valence-electron chi connectivity index (χ3n) is 3.32. The molecule has 0 saturated carbocycles. The summed E-state index contributed by atoms with van der Waals surface area (Å²) in [5.41, 5.74) is 4.33. The summed E-state index contributed by atoms with van der Waals surface area (Å²) in [4.78, 5) is 16.7. The number of hydrogen-bond acceptors (Lipinski definition) is 2. The fraction of sp³-hybridized carbons (Fsp3) is 0.588. The molecule has 0 aliphatic rings. The highest BCUT2D eigenvalue weighted by atomic mass is 16.7. The molecular weight excluding hydrogens is 264 g/mol. The van der Waals surface area contributed by atoms with Crippen molar-refractivity contribution in [2.24, 2.45) is 0 Å². The van der Waals surface area contributed by atoms with Gasteiger partial charge in [-0.1, -0.05) is 63.1 Å². The number of carbonyl (C=O) groups is 1. The number of hydrogen-bond donors (Lipinski definition) is 2. The summed E-state index contributed by atoms with van der Waals surface area (Å²) < 4.78 is 0. The summed E-state index contributed by atoms with van der Waals surface area (Å²) in [6.07, 6.45) is 8.63. The number of aryl methyl sites for hydroxylation is 1. The summed E-state index contributed by atoms with van der Waals surface area (Å²) in [6.45, 7) is 4.80. The van der Waals surface area contributed by atoms with Gasteiger partial charge in [0, 0.05) is 5.69 Å². The molecular formula is C17H28N2O2. The van der Waals surface area contributed by atoms with Gasteiger partial charge in [-0.15, -0.1) is 0 Å². The van der Waals surface area contributed by atoms with Gasteiger partial charge in [0.25, 0.3) is 0 Å². The van der Waals surface area contributed by atoms with Crippen molar-refractivity contribution in [2.75, 3.05) is 11.9 Å². The van der Waals surface area contributed by atoms with E-state index in [1.54, 1.807) is 0 Å². The van der Waals surface area contributed by atoms with Crippen LogP contribution in [0.3, 0.4) is 0 Å². The monoisotopic (exact) mass is 292 g/mol. The number of carbonyl (C=O) groups excluding carboxylic acids is 1. The Balaban J connectivity index is 1.97. The Bertz CT molecular complexity index is 390. The van der Waals surface area contributed by atoms with Crippen molar-refractivity contribution < 1.29 is 9.63 Å². The maximum atomic E-state index is 11.6. The summed E-state index contributed by atoms with van der Waals surface area (Å²) in [5, 5.41) is 2.72. The summed E-state index contributed by atoms with van der Waals surface area (Å²) >= 11 is 0. The minimum Gasteiger partial charge on any atom is -0.306 e. The first-order valence-corrected chi connectivity index (χ1v) is 7.98. The van der Waals surface area contributed by atoms with Gasteiger partial charge in [0.15, 0.2) is 0 Å². The van der Waals surface area contributed by atoms with Crippen LogP contribution in [0.4, 0.5) is 10.5 Å². The van der Waals surface area contributed by atoms with Crippen molar-refractivity contribution in [3.63, 3.8) is 0 Å². The highest BCUT2D eigenvalue weighted by Gasteiger charge is 2.00. The molecule has 21 heavy (non-hydrogen) atoms. The van der Waals surface area contributed by atoms with Crippen LogP contribution in [0.5, 0.6) is 0 Å². The zero-order valence-electron chi connectivity index (χ0n) is 13.3. The first kappa shape index (κ1) is 17.5. The molecule has 0 bridgehead atoms. The maximum absolute atomic E-state index is 11.6. The summed E-state index contributed by atoms with van der Waals surface area (Å²) in [7, 11) is 0. The molecule has 1 aromatic carbocycles. The quantitative estimate of drug-likeness (QED) is 0.481. The second-order valence-corrected chi connectivity index (χ2v) is 5.39. The zero-order valence-corrected chi connectivity index (χ0v) is 13.3. The molecule has 1 rings (SSSR count). The maximum Gasteiger partial charge on any atom is 0.343 e. The SMILES string of the molecule is CCCCCCCCCONC(=O)Nc1ccc(C)cc1. The number of benzene rings is 1. The third kappa shape index (κ3) is 9.08. The number of hydroxylamine groups is 1. The third-order valence-corrected chi connectivity index (χ3v) is 3.32. The lowest BCUT2D eigenvalue weighted by Gasteiger charge is -2.08. The van der Waals surface area contributed by atoms with Gasteiger partial charge in [-0.25, -0.2) is 10.3 Å². The van der Waals surface area contributed by atoms with E-state index in [2.05, 4.69) is 17.7 Å². The molecule has 2 N–H and O–H groups in total. The highest BCUT2D eigenvalue weighted by molar-refractivity contribution is 5.88. The fourth-order valence-electron chi connectivity index (χ4n) is 2.04. The number of rotatable bonds is 10. The number of nitrogens with one attached hydrogen (secondary N) is 2. The smallest absolute Gasteiger partial charge is 0.306 e. The lowest BCUT2D eigenvalue weighted by atomic mass is 10.1. The normalized spacial score (nSPS) is 10.4. The predicted molar refractivity (Wildman–Crippen MR) is 87.3 cm³/mol. The van der Waals surface area contributed by atoms with Gasteiger partial charge in [0.05, 0.1) is 6.61 Å². The van der Waals surface area contributed by atoms with Crippen LogP contribution in [-0.2, 0) is 4.84 Å². The topological polar surface area (TPSA) is 50.4 Å². The van der Waals surface area contributed by atoms with Crippen LogP contribution in [0.2, 0.25) is 0 Å². The number of urea groups is 1. The van der Waals surface area contributed by atoms with Crippen LogP contribution >= 0.6 is 0 Å². The molecule has 0 fully saturated rings. The van der Waals surface area contributed by atoms with Gasteiger partial charge >= 0.3 is 6.03 Å². The van der Waals surface area contributed by atoms with Crippen molar-refractivity contribution in [2.45, 2.75) is 58.8 Å². The Labute approximate surface area is 128 Å². The summed E-state index contributed by atoms with van der Waals surface area (Å²) in [6, 6.07) is 7.31. The van der Waals surface area contributed by atoms with E-state index in [1.807, 2.05) is 31.2 Å². The van der Waals surface area contributed by atoms with Crippen LogP contribution in [-0.4, -0.2) is 12.6 Å². The molecule has 4 nitrogen and oxygen atoms in total. The first-order chi connectivity index (χ1) is 10.2. The molecule has 0 unspecified atom stereocenters. The van der Waals surface area contributed by atoms with Gasteiger partial charge in [0.1, 0.15) is 0 Å². The molecule has 0 radical (unpaired) electrons. The molecule has 0 spiro atoms. The largest absolute Gasteiger partial charge is 0.343 e. The van der Waals surface area contributed by atoms with Crippen molar-refractivity contribution in [1.82, 2.24) is 5.48 Å². The summed E-state index contributed by atoms with van der Waals surface area (Å²) in [5.74, 6) is 0. The molecule has 0 heterocycles. The lowest BCUT2D eigenvalue weighted by molar-refractivity contribution is 0.0631. The molecule has 0 saturated heterocycles. The first-order valence-electron chi connectivity index (χ1n) is 7.98. The minimum atomic E-state index is -0.332. The molecule has 0 atom stereocenters. The van der Waals surface area contributed by atoms with Crippen molar-refractivity contribution in [1.29, 1.82) is 0 Å². The van der Waals surface area contributed by atoms with Gasteiger partial charge in [-0.05, 0) is 25.5 Å². The average molecular weight is 292 g/mol. The van der Waals surface area contributed by atoms with E-state index >= 15 is 0 Å². The van der Waals surface area contributed by atoms with Crippen LogP contribution in [0.1, 0.15) is 57.4 Å². The Morgan fingerprint density at radius 3 is 2.29 bits per heavy atom. The number of anilines is 1. The van der Waals surface area contributed by atoms with E-state index in [-0.39, 0.29) is 6.03 Å². The molecule has 0 aromatic heterocycles. The Hall–Kier alpha value is -1.55. The molecule has 4 heteroatoms. The van der Waals surface area contributed by atoms with Gasteiger partial charge in [-0.3, -0.25) is 4.84 Å². The number of amides is 2. The van der Waals surface area contributed by atoms with Crippen LogP contribution in [0.25, 0.3) is 0 Å². The van der Waals surface area contributed by atoms with Crippen LogP contribution < -0.4 is 10.8 Å². The van der Waals surface area contributed by atoms with E-state index < -0.39 is 0 Å². The van der Waals surface area contributed by atoms with Crippen molar-refractivity contribution in [3.8, 4) is 0 Å². The van der Waals surface area contributed by atoms with Crippen molar-refractivity contribution >= 4 is 11.7 Å². The Morgan fingerprint density at radius 1 is 1.00 bits per heavy atom. The van der Waals surface area contributed by atoms with Gasteiger partial charge in [-0.2, -0.15) is 0 Å². The highest BCUT2D eigenvalue weighted by Crippen LogP contribution is 2.08. The molecule has 2 amide bonds. The Morgan fingerprint density at radius 2 is 1.62 bits per heavy atom. The van der Waals surface area contributed by atoms with Crippen LogP contribution in [0, 0.1) is 6.92 Å². The van der Waals surface area contributed by atoms with E-state index in [0.717, 1.165) is 24.1 Å². The van der Waals surface area contributed by atoms with E-state index in [9.17, 15) is 4.79 Å². The second-order valence-electron chi connectivity index (χ2n) is 5.39. The minimum absolute atomic E-state index is 0.332. The lowest BCUT2D eigenvalue weighted by Crippen LogP contribution is -2.29. The van der Waals surface area contributed by atoms with Gasteiger partial charge in [0.2, 0.25) is 0 Å². The van der Waals surface area contributed by atoms with Crippen molar-refractivity contribution in [3.05, 3.63) is 29.8 Å². The van der Waals surface area contributed by atoms with E-state index in [0.29, 0.717) is 6.61 Å². The standard InChI is InChI=1S/C17H28N2O2/c1-3-4-5-6-7-8-9-14-21-19-17(20)18-16-12-10-15(2)11-13-16/h10-13H,3-9,14H2,1-2H3,(H2,18,19,20). The van der Waals surface area contributed by atoms with Gasteiger partial charge < -0.3 is 5.32 Å². The molecule has 1 aromatic rings.